The number of aromatic hydroxyl groups is 1. The van der Waals surface area contributed by atoms with E-state index < -0.39 is 13.1 Å². The molecule has 10 heteroatoms. The maximum absolute atomic E-state index is 11.9. The van der Waals surface area contributed by atoms with E-state index in [9.17, 15) is 19.3 Å². The first-order valence-corrected chi connectivity index (χ1v) is 13.0. The Labute approximate surface area is 198 Å². The third-order valence-electron chi connectivity index (χ3n) is 5.76. The molecule has 1 atom stereocenters. The van der Waals surface area contributed by atoms with Gasteiger partial charge < -0.3 is 29.7 Å². The molecule has 1 saturated heterocycles. The second kappa shape index (κ2) is 12.2. The van der Waals surface area contributed by atoms with Gasteiger partial charge in [0.05, 0.1) is 0 Å². The highest BCUT2D eigenvalue weighted by Gasteiger charge is 2.28. The molecule has 0 aromatic heterocycles. The largest absolute Gasteiger partial charge is 0.508 e. The zero-order valence-corrected chi connectivity index (χ0v) is 19.8. The maximum atomic E-state index is 11.9. The van der Waals surface area contributed by atoms with Crippen molar-refractivity contribution in [2.24, 2.45) is 0 Å². The highest BCUT2D eigenvalue weighted by Crippen LogP contribution is 2.39. The fourth-order valence-electron chi connectivity index (χ4n) is 3.92. The molecule has 1 fully saturated rings. The SMILES string of the molecule is O=CCCCCC(Oc1ccc(Cc2cc(C(=O)P(=O)(O)O)ccc2O)cc1)N1CCNCC1. The predicted octanol–water partition coefficient (Wildman–Crippen LogP) is 2.67. The number of phenols is 1. The van der Waals surface area contributed by atoms with Gasteiger partial charge in [-0.25, -0.2) is 0 Å². The van der Waals surface area contributed by atoms with Crippen molar-refractivity contribution >= 4 is 19.4 Å². The minimum Gasteiger partial charge on any atom is -0.508 e. The Morgan fingerprint density at radius 1 is 1.12 bits per heavy atom. The molecule has 0 radical (unpaired) electrons. The summed E-state index contributed by atoms with van der Waals surface area (Å²) >= 11 is 0. The number of ether oxygens (including phenoxy) is 1. The van der Waals surface area contributed by atoms with Gasteiger partial charge in [0.25, 0.3) is 5.52 Å². The van der Waals surface area contributed by atoms with Crippen molar-refractivity contribution in [2.45, 2.75) is 38.3 Å². The second-order valence-electron chi connectivity index (χ2n) is 8.32. The van der Waals surface area contributed by atoms with E-state index >= 15 is 0 Å². The summed E-state index contributed by atoms with van der Waals surface area (Å²) in [6, 6.07) is 11.2. The number of hydrogen-bond donors (Lipinski definition) is 4. The van der Waals surface area contributed by atoms with Gasteiger partial charge in [-0.15, -0.1) is 0 Å². The summed E-state index contributed by atoms with van der Waals surface area (Å²) in [7, 11) is -4.90. The number of nitrogens with zero attached hydrogens (tertiary/aromatic N) is 1. The van der Waals surface area contributed by atoms with Gasteiger partial charge in [-0.05, 0) is 60.7 Å². The molecule has 1 heterocycles. The molecule has 9 nitrogen and oxygen atoms in total. The van der Waals surface area contributed by atoms with Crippen LogP contribution < -0.4 is 10.1 Å². The highest BCUT2D eigenvalue weighted by atomic mass is 31.2. The van der Waals surface area contributed by atoms with E-state index in [0.717, 1.165) is 57.3 Å². The summed E-state index contributed by atoms with van der Waals surface area (Å²) in [5.41, 5.74) is -0.186. The second-order valence-corrected chi connectivity index (χ2v) is 9.82. The Kier molecular flexibility index (Phi) is 9.38. The van der Waals surface area contributed by atoms with Crippen LogP contribution >= 0.6 is 7.60 Å². The molecule has 34 heavy (non-hydrogen) atoms. The van der Waals surface area contributed by atoms with Crippen molar-refractivity contribution in [3.8, 4) is 11.5 Å². The molecule has 1 unspecified atom stereocenters. The number of unbranched alkanes of at least 4 members (excludes halogenated alkanes) is 2. The van der Waals surface area contributed by atoms with Crippen LogP contribution in [0.2, 0.25) is 0 Å². The van der Waals surface area contributed by atoms with Crippen LogP contribution in [-0.2, 0) is 15.8 Å². The zero-order valence-electron chi connectivity index (χ0n) is 18.9. The maximum Gasteiger partial charge on any atom is 0.396 e. The third-order valence-corrected chi connectivity index (χ3v) is 6.55. The van der Waals surface area contributed by atoms with Crippen molar-refractivity contribution in [3.63, 3.8) is 0 Å². The Balaban J connectivity index is 1.68. The molecular weight excluding hydrogens is 459 g/mol. The number of phenolic OH excluding ortho intramolecular Hbond substituents is 1. The highest BCUT2D eigenvalue weighted by molar-refractivity contribution is 7.70. The number of nitrogens with one attached hydrogen (secondary N) is 1. The molecular formula is C24H31N2O7P. The minimum atomic E-state index is -4.90. The van der Waals surface area contributed by atoms with E-state index in [1.165, 1.54) is 18.2 Å². The topological polar surface area (TPSA) is 136 Å². The fourth-order valence-corrected chi connectivity index (χ4v) is 4.40. The Morgan fingerprint density at radius 2 is 1.82 bits per heavy atom. The molecule has 4 N–H and O–H groups in total. The van der Waals surface area contributed by atoms with Crippen molar-refractivity contribution < 1.29 is 33.8 Å². The van der Waals surface area contributed by atoms with Crippen molar-refractivity contribution in [3.05, 3.63) is 59.2 Å². The van der Waals surface area contributed by atoms with Crippen LogP contribution in [0.3, 0.4) is 0 Å². The van der Waals surface area contributed by atoms with Gasteiger partial charge in [-0.1, -0.05) is 12.1 Å². The average molecular weight is 490 g/mol. The van der Waals surface area contributed by atoms with Gasteiger partial charge in [-0.3, -0.25) is 14.3 Å². The van der Waals surface area contributed by atoms with Crippen LogP contribution in [0, 0.1) is 0 Å². The summed E-state index contributed by atoms with van der Waals surface area (Å²) in [5, 5.41) is 13.5. The van der Waals surface area contributed by atoms with E-state index in [2.05, 4.69) is 10.2 Å². The Bertz CT molecular complexity index is 1020. The van der Waals surface area contributed by atoms with Gasteiger partial charge >= 0.3 is 7.60 Å². The molecule has 0 spiro atoms. The molecule has 2 aromatic carbocycles. The van der Waals surface area contributed by atoms with Gasteiger partial charge in [0.1, 0.15) is 17.8 Å². The predicted molar refractivity (Wildman–Crippen MR) is 127 cm³/mol. The van der Waals surface area contributed by atoms with E-state index in [-0.39, 0.29) is 24.0 Å². The van der Waals surface area contributed by atoms with Crippen LogP contribution in [0.4, 0.5) is 0 Å². The van der Waals surface area contributed by atoms with Crippen LogP contribution in [0.1, 0.15) is 47.2 Å². The fraction of sp³-hybridized carbons (Fsp3) is 0.417. The first-order valence-electron chi connectivity index (χ1n) is 11.3. The number of rotatable bonds is 12. The summed E-state index contributed by atoms with van der Waals surface area (Å²) < 4.78 is 17.6. The smallest absolute Gasteiger partial charge is 0.396 e. The quantitative estimate of drug-likeness (QED) is 0.201. The Morgan fingerprint density at radius 3 is 2.47 bits per heavy atom. The van der Waals surface area contributed by atoms with Gasteiger partial charge in [0.15, 0.2) is 6.23 Å². The molecule has 0 saturated carbocycles. The molecule has 0 amide bonds. The summed E-state index contributed by atoms with van der Waals surface area (Å²) in [6.07, 6.45) is 4.24. The number of hydrogen-bond acceptors (Lipinski definition) is 7. The van der Waals surface area contributed by atoms with E-state index in [4.69, 9.17) is 14.5 Å². The molecule has 0 aliphatic carbocycles. The van der Waals surface area contributed by atoms with Gasteiger partial charge in [0.2, 0.25) is 0 Å². The molecule has 3 rings (SSSR count). The van der Waals surface area contributed by atoms with E-state index in [0.29, 0.717) is 17.7 Å². The first kappa shape index (κ1) is 26.1. The van der Waals surface area contributed by atoms with Crippen molar-refractivity contribution in [1.29, 1.82) is 0 Å². The lowest BCUT2D eigenvalue weighted by atomic mass is 10.0. The van der Waals surface area contributed by atoms with Gasteiger partial charge in [-0.2, -0.15) is 0 Å². The summed E-state index contributed by atoms with van der Waals surface area (Å²) in [4.78, 5) is 43.0. The lowest BCUT2D eigenvalue weighted by Crippen LogP contribution is -2.50. The van der Waals surface area contributed by atoms with Crippen LogP contribution in [-0.4, -0.2) is 64.0 Å². The standard InChI is InChI=1S/C24H31N2O7P/c27-15-3-1-2-4-23(26-13-11-25-12-14-26)33-21-8-5-18(6-9-21)16-20-17-19(7-10-22(20)28)24(29)34(30,31)32/h5-10,15,17,23,25,28H,1-4,11-14,16H2,(H2,30,31,32). The average Bonchev–Trinajstić information content (AvgIpc) is 2.83. The lowest BCUT2D eigenvalue weighted by molar-refractivity contribution is -0.108. The molecule has 1 aliphatic heterocycles. The normalized spacial score (nSPS) is 15.6. The monoisotopic (exact) mass is 490 g/mol. The number of carbonyl (C=O) groups excluding carboxylic acids is 2. The van der Waals surface area contributed by atoms with Crippen LogP contribution in [0.5, 0.6) is 11.5 Å². The van der Waals surface area contributed by atoms with Crippen molar-refractivity contribution in [2.75, 3.05) is 26.2 Å². The molecule has 184 valence electrons. The van der Waals surface area contributed by atoms with Crippen molar-refractivity contribution in [1.82, 2.24) is 10.2 Å². The van der Waals surface area contributed by atoms with Crippen LogP contribution in [0.15, 0.2) is 42.5 Å². The number of carbonyl (C=O) groups is 2. The summed E-state index contributed by atoms with van der Waals surface area (Å²) in [6.45, 7) is 3.58. The lowest BCUT2D eigenvalue weighted by Gasteiger charge is -2.35. The van der Waals surface area contributed by atoms with E-state index in [1.54, 1.807) is 0 Å². The van der Waals surface area contributed by atoms with Crippen LogP contribution in [0.25, 0.3) is 0 Å². The minimum absolute atomic E-state index is 0.0586. The zero-order chi connectivity index (χ0) is 24.6. The number of piperazine rings is 1. The van der Waals surface area contributed by atoms with Gasteiger partial charge in [0, 0.05) is 44.6 Å². The molecule has 2 aromatic rings. The molecule has 1 aliphatic rings. The number of aldehydes is 1. The third kappa shape index (κ3) is 7.48. The molecule has 0 bridgehead atoms. The summed E-state index contributed by atoms with van der Waals surface area (Å²) in [5.74, 6) is 0.647. The Hall–Kier alpha value is -2.55. The first-order chi connectivity index (χ1) is 16.3. The van der Waals surface area contributed by atoms with E-state index in [1.807, 2.05) is 24.3 Å². The number of benzene rings is 2.